The van der Waals surface area contributed by atoms with Crippen molar-refractivity contribution in [2.24, 2.45) is 5.84 Å². The number of carbonyl (C=O) groups excluding carboxylic acids is 1. The number of ether oxygens (including phenoxy) is 1. The van der Waals surface area contributed by atoms with Gasteiger partial charge in [-0.25, -0.2) is 10.8 Å². The number of pyridine rings is 1. The summed E-state index contributed by atoms with van der Waals surface area (Å²) in [6.07, 6.45) is 0. The number of carbonyl (C=O) groups is 1. The standard InChI is InChI=1S/C10H13ClN4O2/c11-8-5-7(6-9(13-8)14-12)10(16)15-1-3-17-4-2-15/h5-6H,1-4,12H2,(H,13,14). The van der Waals surface area contributed by atoms with Crippen LogP contribution in [0.25, 0.3) is 0 Å². The van der Waals surface area contributed by atoms with E-state index in [2.05, 4.69) is 10.4 Å². The molecule has 2 heterocycles. The first-order valence-corrected chi connectivity index (χ1v) is 5.60. The molecule has 1 aliphatic heterocycles. The van der Waals surface area contributed by atoms with E-state index in [1.54, 1.807) is 11.0 Å². The Bertz CT molecular complexity index is 421. The molecule has 0 radical (unpaired) electrons. The third kappa shape index (κ3) is 2.85. The van der Waals surface area contributed by atoms with Crippen molar-refractivity contribution in [1.82, 2.24) is 9.88 Å². The van der Waals surface area contributed by atoms with Gasteiger partial charge in [0.1, 0.15) is 11.0 Å². The highest BCUT2D eigenvalue weighted by atomic mass is 35.5. The normalized spacial score (nSPS) is 15.8. The Morgan fingerprint density at radius 3 is 2.82 bits per heavy atom. The lowest BCUT2D eigenvalue weighted by Gasteiger charge is -2.26. The smallest absolute Gasteiger partial charge is 0.254 e. The van der Waals surface area contributed by atoms with Crippen molar-refractivity contribution in [3.8, 4) is 0 Å². The summed E-state index contributed by atoms with van der Waals surface area (Å²) in [7, 11) is 0. The molecule has 7 heteroatoms. The maximum atomic E-state index is 12.1. The fraction of sp³-hybridized carbons (Fsp3) is 0.400. The van der Waals surface area contributed by atoms with Crippen LogP contribution in [0.1, 0.15) is 10.4 Å². The van der Waals surface area contributed by atoms with E-state index in [0.29, 0.717) is 37.7 Å². The Kier molecular flexibility index (Phi) is 3.78. The fourth-order valence-corrected chi connectivity index (χ4v) is 1.85. The number of nitrogens with two attached hydrogens (primary N) is 1. The van der Waals surface area contributed by atoms with Crippen molar-refractivity contribution in [2.45, 2.75) is 0 Å². The number of nitrogens with zero attached hydrogens (tertiary/aromatic N) is 2. The summed E-state index contributed by atoms with van der Waals surface area (Å²) in [6, 6.07) is 3.10. The predicted molar refractivity (Wildman–Crippen MR) is 63.8 cm³/mol. The third-order valence-corrected chi connectivity index (χ3v) is 2.68. The molecule has 6 nitrogen and oxygen atoms in total. The van der Waals surface area contributed by atoms with Gasteiger partial charge in [0, 0.05) is 18.7 Å². The molecule has 1 amide bonds. The second-order valence-corrected chi connectivity index (χ2v) is 4.00. The van der Waals surface area contributed by atoms with Crippen molar-refractivity contribution in [3.05, 3.63) is 22.8 Å². The molecule has 17 heavy (non-hydrogen) atoms. The number of halogens is 1. The number of hydrogen-bond donors (Lipinski definition) is 2. The second-order valence-electron chi connectivity index (χ2n) is 3.61. The van der Waals surface area contributed by atoms with Crippen LogP contribution in [0, 0.1) is 0 Å². The van der Waals surface area contributed by atoms with E-state index in [9.17, 15) is 4.79 Å². The molecule has 1 aromatic heterocycles. The van der Waals surface area contributed by atoms with Gasteiger partial charge in [-0.3, -0.25) is 4.79 Å². The van der Waals surface area contributed by atoms with Gasteiger partial charge in [0.25, 0.3) is 5.91 Å². The van der Waals surface area contributed by atoms with Crippen molar-refractivity contribution in [1.29, 1.82) is 0 Å². The van der Waals surface area contributed by atoms with E-state index >= 15 is 0 Å². The fourth-order valence-electron chi connectivity index (χ4n) is 1.64. The summed E-state index contributed by atoms with van der Waals surface area (Å²) in [5, 5.41) is 0.233. The van der Waals surface area contributed by atoms with Crippen LogP contribution in [0.5, 0.6) is 0 Å². The number of anilines is 1. The van der Waals surface area contributed by atoms with E-state index < -0.39 is 0 Å². The van der Waals surface area contributed by atoms with Gasteiger partial charge in [-0.1, -0.05) is 11.6 Å². The van der Waals surface area contributed by atoms with Gasteiger partial charge in [0.2, 0.25) is 0 Å². The molecule has 1 aliphatic rings. The number of nitrogen functional groups attached to an aromatic ring is 1. The van der Waals surface area contributed by atoms with Crippen LogP contribution in [0.4, 0.5) is 5.82 Å². The minimum Gasteiger partial charge on any atom is -0.378 e. The SMILES string of the molecule is NNc1cc(C(=O)N2CCOCC2)cc(Cl)n1. The maximum Gasteiger partial charge on any atom is 0.254 e. The Morgan fingerprint density at radius 2 is 2.18 bits per heavy atom. The zero-order valence-electron chi connectivity index (χ0n) is 9.15. The molecule has 0 aliphatic carbocycles. The summed E-state index contributed by atoms with van der Waals surface area (Å²) >= 11 is 5.81. The molecule has 3 N–H and O–H groups in total. The van der Waals surface area contributed by atoms with Crippen molar-refractivity contribution >= 4 is 23.3 Å². The average Bonchev–Trinajstić information content (AvgIpc) is 2.38. The van der Waals surface area contributed by atoms with Gasteiger partial charge in [0.15, 0.2) is 0 Å². The molecular weight excluding hydrogens is 244 g/mol. The highest BCUT2D eigenvalue weighted by Crippen LogP contribution is 2.16. The van der Waals surface area contributed by atoms with Crippen molar-refractivity contribution in [2.75, 3.05) is 31.7 Å². The molecule has 1 saturated heterocycles. The van der Waals surface area contributed by atoms with E-state index in [4.69, 9.17) is 22.2 Å². The number of nitrogens with one attached hydrogen (secondary N) is 1. The molecule has 1 fully saturated rings. The molecule has 2 rings (SSSR count). The van der Waals surface area contributed by atoms with Gasteiger partial charge in [-0.15, -0.1) is 0 Å². The second kappa shape index (κ2) is 5.31. The van der Waals surface area contributed by atoms with Crippen LogP contribution in [0.2, 0.25) is 5.15 Å². The van der Waals surface area contributed by atoms with E-state index in [-0.39, 0.29) is 11.1 Å². The minimum atomic E-state index is -0.0888. The highest BCUT2D eigenvalue weighted by molar-refractivity contribution is 6.29. The largest absolute Gasteiger partial charge is 0.378 e. The summed E-state index contributed by atoms with van der Waals surface area (Å²) in [5.74, 6) is 5.53. The summed E-state index contributed by atoms with van der Waals surface area (Å²) < 4.78 is 5.19. The lowest BCUT2D eigenvalue weighted by molar-refractivity contribution is 0.0303. The van der Waals surface area contributed by atoms with Crippen LogP contribution >= 0.6 is 11.6 Å². The number of amides is 1. The lowest BCUT2D eigenvalue weighted by Crippen LogP contribution is -2.40. The van der Waals surface area contributed by atoms with Crippen LogP contribution in [-0.4, -0.2) is 42.1 Å². The number of hydrazine groups is 1. The van der Waals surface area contributed by atoms with Gasteiger partial charge < -0.3 is 15.1 Å². The molecule has 0 unspecified atom stereocenters. The summed E-state index contributed by atoms with van der Waals surface area (Å²) in [6.45, 7) is 2.30. The lowest BCUT2D eigenvalue weighted by atomic mass is 10.2. The monoisotopic (exact) mass is 256 g/mol. The first kappa shape index (κ1) is 12.1. The number of rotatable bonds is 2. The summed E-state index contributed by atoms with van der Waals surface area (Å²) in [4.78, 5) is 17.8. The Hall–Kier alpha value is -1.37. The van der Waals surface area contributed by atoms with Crippen LogP contribution in [0.15, 0.2) is 12.1 Å². The van der Waals surface area contributed by atoms with Crippen molar-refractivity contribution < 1.29 is 9.53 Å². The van der Waals surface area contributed by atoms with E-state index in [0.717, 1.165) is 0 Å². The predicted octanol–water partition coefficient (Wildman–Crippen LogP) is 0.493. The van der Waals surface area contributed by atoms with Crippen molar-refractivity contribution in [3.63, 3.8) is 0 Å². The Balaban J connectivity index is 2.20. The van der Waals surface area contributed by atoms with Crippen LogP contribution in [0.3, 0.4) is 0 Å². The summed E-state index contributed by atoms with van der Waals surface area (Å²) in [5.41, 5.74) is 2.85. The van der Waals surface area contributed by atoms with Crippen LogP contribution < -0.4 is 11.3 Å². The molecule has 0 bridgehead atoms. The Morgan fingerprint density at radius 1 is 1.47 bits per heavy atom. The highest BCUT2D eigenvalue weighted by Gasteiger charge is 2.19. The zero-order chi connectivity index (χ0) is 12.3. The van der Waals surface area contributed by atoms with E-state index in [1.807, 2.05) is 0 Å². The molecule has 1 aromatic rings. The number of hydrogen-bond acceptors (Lipinski definition) is 5. The van der Waals surface area contributed by atoms with Gasteiger partial charge in [-0.05, 0) is 12.1 Å². The average molecular weight is 257 g/mol. The first-order valence-electron chi connectivity index (χ1n) is 5.22. The molecule has 0 saturated carbocycles. The molecule has 0 atom stereocenters. The maximum absolute atomic E-state index is 12.1. The van der Waals surface area contributed by atoms with Crippen LogP contribution in [-0.2, 0) is 4.74 Å². The Labute approximate surface area is 104 Å². The minimum absolute atomic E-state index is 0.0888. The molecule has 0 spiro atoms. The molecule has 0 aromatic carbocycles. The first-order chi connectivity index (χ1) is 8.20. The van der Waals surface area contributed by atoms with E-state index in [1.165, 1.54) is 6.07 Å². The van der Waals surface area contributed by atoms with Gasteiger partial charge >= 0.3 is 0 Å². The van der Waals surface area contributed by atoms with Gasteiger partial charge in [0.05, 0.1) is 13.2 Å². The number of morpholine rings is 1. The zero-order valence-corrected chi connectivity index (χ0v) is 9.91. The third-order valence-electron chi connectivity index (χ3n) is 2.49. The number of aromatic nitrogens is 1. The quantitative estimate of drug-likeness (QED) is 0.457. The molecule has 92 valence electrons. The van der Waals surface area contributed by atoms with Gasteiger partial charge in [-0.2, -0.15) is 0 Å². The molecular formula is C10H13ClN4O2. The topological polar surface area (TPSA) is 80.5 Å².